The van der Waals surface area contributed by atoms with Crippen LogP contribution in [0, 0.1) is 17.0 Å². The quantitative estimate of drug-likeness (QED) is 0.616. The molecule has 1 aromatic rings. The van der Waals surface area contributed by atoms with Crippen LogP contribution in [0.15, 0.2) is 4.47 Å². The molecule has 2 heterocycles. The number of hydrogen-bond acceptors (Lipinski definition) is 5. The maximum atomic E-state index is 10.8. The van der Waals surface area contributed by atoms with Crippen LogP contribution in [0.4, 0.5) is 5.82 Å². The number of aromatic nitrogens is 2. The molecule has 1 fully saturated rings. The zero-order valence-corrected chi connectivity index (χ0v) is 11.7. The minimum absolute atomic E-state index is 0.116. The highest BCUT2D eigenvalue weighted by Gasteiger charge is 2.23. The number of nitrogens with zero attached hydrogens (tertiary/aromatic N) is 4. The molecule has 2 rings (SSSR count). The van der Waals surface area contributed by atoms with Crippen molar-refractivity contribution in [3.63, 3.8) is 0 Å². The Kier molecular flexibility index (Phi) is 4.31. The van der Waals surface area contributed by atoms with Gasteiger partial charge in [0, 0.05) is 19.6 Å². The lowest BCUT2D eigenvalue weighted by Gasteiger charge is -2.26. The van der Waals surface area contributed by atoms with E-state index in [1.165, 1.54) is 0 Å². The maximum Gasteiger partial charge on any atom is 0.404 e. The number of ether oxygens (including phenoxy) is 1. The van der Waals surface area contributed by atoms with E-state index in [4.69, 9.17) is 4.74 Å². The molecule has 1 aromatic heterocycles. The first kappa shape index (κ1) is 13.4. The van der Waals surface area contributed by atoms with Crippen LogP contribution < -0.4 is 0 Å². The predicted octanol–water partition coefficient (Wildman–Crippen LogP) is 1.19. The molecule has 0 radical (unpaired) electrons. The summed E-state index contributed by atoms with van der Waals surface area (Å²) in [4.78, 5) is 12.6. The summed E-state index contributed by atoms with van der Waals surface area (Å²) >= 11 is 3.21. The fraction of sp³-hybridized carbons (Fsp3) is 0.700. The average Bonchev–Trinajstić information content (AvgIpc) is 2.65. The van der Waals surface area contributed by atoms with Gasteiger partial charge in [-0.05, 0) is 27.8 Å². The monoisotopic (exact) mass is 318 g/mol. The van der Waals surface area contributed by atoms with Crippen LogP contribution in [-0.4, -0.2) is 52.5 Å². The Hall–Kier alpha value is -0.990. The van der Waals surface area contributed by atoms with Crippen molar-refractivity contribution in [2.75, 3.05) is 32.8 Å². The maximum absolute atomic E-state index is 10.8. The van der Waals surface area contributed by atoms with Crippen LogP contribution >= 0.6 is 15.9 Å². The van der Waals surface area contributed by atoms with Gasteiger partial charge < -0.3 is 14.9 Å². The molecule has 8 heteroatoms. The molecule has 7 nitrogen and oxygen atoms in total. The Morgan fingerprint density at radius 1 is 1.44 bits per heavy atom. The number of morpholine rings is 1. The number of nitro groups is 1. The first-order chi connectivity index (χ1) is 8.59. The SMILES string of the molecule is Cc1c(Br)c([N+](=O)[O-])nn1CCN1CCOCC1. The average molecular weight is 319 g/mol. The van der Waals surface area contributed by atoms with E-state index in [1.807, 2.05) is 6.92 Å². The minimum atomic E-state index is -0.470. The first-order valence-corrected chi connectivity index (χ1v) is 6.56. The Morgan fingerprint density at radius 3 is 2.67 bits per heavy atom. The van der Waals surface area contributed by atoms with Crippen molar-refractivity contribution in [3.8, 4) is 0 Å². The molecule has 18 heavy (non-hydrogen) atoms. The molecule has 100 valence electrons. The second-order valence-corrected chi connectivity index (χ2v) is 4.95. The molecule has 1 aliphatic rings. The fourth-order valence-electron chi connectivity index (χ4n) is 1.90. The van der Waals surface area contributed by atoms with Gasteiger partial charge in [-0.25, -0.2) is 0 Å². The molecule has 0 saturated carbocycles. The Bertz CT molecular complexity index is 443. The van der Waals surface area contributed by atoms with Crippen molar-refractivity contribution < 1.29 is 9.66 Å². The van der Waals surface area contributed by atoms with E-state index in [0.717, 1.165) is 38.5 Å². The van der Waals surface area contributed by atoms with Crippen molar-refractivity contribution in [1.29, 1.82) is 0 Å². The molecule has 1 saturated heterocycles. The van der Waals surface area contributed by atoms with Gasteiger partial charge in [0.05, 0.1) is 30.6 Å². The largest absolute Gasteiger partial charge is 0.404 e. The van der Waals surface area contributed by atoms with E-state index in [2.05, 4.69) is 25.9 Å². The zero-order chi connectivity index (χ0) is 13.1. The predicted molar refractivity (Wildman–Crippen MR) is 68.6 cm³/mol. The van der Waals surface area contributed by atoms with Gasteiger partial charge in [0.25, 0.3) is 0 Å². The minimum Gasteiger partial charge on any atom is -0.379 e. The highest BCUT2D eigenvalue weighted by atomic mass is 79.9. The molecule has 0 aromatic carbocycles. The summed E-state index contributed by atoms with van der Waals surface area (Å²) in [5, 5.41) is 14.8. The van der Waals surface area contributed by atoms with E-state index in [-0.39, 0.29) is 5.82 Å². The van der Waals surface area contributed by atoms with Gasteiger partial charge in [-0.1, -0.05) is 0 Å². The summed E-state index contributed by atoms with van der Waals surface area (Å²) in [6.07, 6.45) is 0. The summed E-state index contributed by atoms with van der Waals surface area (Å²) < 4.78 is 7.41. The lowest BCUT2D eigenvalue weighted by atomic mass is 10.4. The summed E-state index contributed by atoms with van der Waals surface area (Å²) in [6, 6.07) is 0. The fourth-order valence-corrected chi connectivity index (χ4v) is 2.33. The van der Waals surface area contributed by atoms with Gasteiger partial charge in [0.2, 0.25) is 0 Å². The third-order valence-electron chi connectivity index (χ3n) is 3.02. The van der Waals surface area contributed by atoms with Gasteiger partial charge in [0.1, 0.15) is 4.47 Å². The van der Waals surface area contributed by atoms with Crippen molar-refractivity contribution in [3.05, 3.63) is 20.3 Å². The third-order valence-corrected chi connectivity index (χ3v) is 3.95. The van der Waals surface area contributed by atoms with E-state index < -0.39 is 4.92 Å². The van der Waals surface area contributed by atoms with Crippen molar-refractivity contribution in [1.82, 2.24) is 14.7 Å². The molecule has 0 bridgehead atoms. The highest BCUT2D eigenvalue weighted by Crippen LogP contribution is 2.26. The normalized spacial score (nSPS) is 17.0. The van der Waals surface area contributed by atoms with Crippen molar-refractivity contribution in [2.45, 2.75) is 13.5 Å². The molecule has 0 N–H and O–H groups in total. The molecule has 1 aliphatic heterocycles. The van der Waals surface area contributed by atoms with E-state index in [0.29, 0.717) is 11.0 Å². The van der Waals surface area contributed by atoms with Gasteiger partial charge in [-0.2, -0.15) is 4.68 Å². The molecule has 0 spiro atoms. The summed E-state index contributed by atoms with van der Waals surface area (Å²) in [5.41, 5.74) is 0.787. The van der Waals surface area contributed by atoms with Gasteiger partial charge in [-0.15, -0.1) is 0 Å². The van der Waals surface area contributed by atoms with Crippen LogP contribution in [0.5, 0.6) is 0 Å². The standard InChI is InChI=1S/C10H15BrN4O3/c1-8-9(11)10(15(16)17)12-14(8)3-2-13-4-6-18-7-5-13/h2-7H2,1H3. The molecular weight excluding hydrogens is 304 g/mol. The molecule has 0 atom stereocenters. The smallest absolute Gasteiger partial charge is 0.379 e. The summed E-state index contributed by atoms with van der Waals surface area (Å²) in [7, 11) is 0. The number of rotatable bonds is 4. The number of halogens is 1. The second-order valence-electron chi connectivity index (χ2n) is 4.16. The zero-order valence-electron chi connectivity index (χ0n) is 10.1. The van der Waals surface area contributed by atoms with Crippen LogP contribution in [0.2, 0.25) is 0 Å². The van der Waals surface area contributed by atoms with Crippen molar-refractivity contribution in [2.24, 2.45) is 0 Å². The Labute approximate surface area is 113 Å². The Balaban J connectivity index is 2.00. The first-order valence-electron chi connectivity index (χ1n) is 5.77. The van der Waals surface area contributed by atoms with E-state index >= 15 is 0 Å². The van der Waals surface area contributed by atoms with Crippen LogP contribution in [0.3, 0.4) is 0 Å². The summed E-state index contributed by atoms with van der Waals surface area (Å²) in [5.74, 6) is -0.116. The van der Waals surface area contributed by atoms with Crippen LogP contribution in [0.1, 0.15) is 5.69 Å². The summed E-state index contributed by atoms with van der Waals surface area (Å²) in [6.45, 7) is 6.62. The highest BCUT2D eigenvalue weighted by molar-refractivity contribution is 9.10. The molecule has 0 aliphatic carbocycles. The lowest BCUT2D eigenvalue weighted by molar-refractivity contribution is -0.390. The van der Waals surface area contributed by atoms with E-state index in [9.17, 15) is 10.1 Å². The Morgan fingerprint density at radius 2 is 2.11 bits per heavy atom. The number of hydrogen-bond donors (Lipinski definition) is 0. The molecular formula is C10H15BrN4O3. The van der Waals surface area contributed by atoms with Crippen LogP contribution in [-0.2, 0) is 11.3 Å². The lowest BCUT2D eigenvalue weighted by Crippen LogP contribution is -2.38. The van der Waals surface area contributed by atoms with Gasteiger partial charge in [-0.3, -0.25) is 4.90 Å². The molecule has 0 unspecified atom stereocenters. The second kappa shape index (κ2) is 5.77. The third kappa shape index (κ3) is 2.88. The van der Waals surface area contributed by atoms with Crippen LogP contribution in [0.25, 0.3) is 0 Å². The topological polar surface area (TPSA) is 73.4 Å². The van der Waals surface area contributed by atoms with E-state index in [1.54, 1.807) is 4.68 Å². The van der Waals surface area contributed by atoms with Gasteiger partial charge >= 0.3 is 5.82 Å². The van der Waals surface area contributed by atoms with Gasteiger partial charge in [0.15, 0.2) is 0 Å². The molecule has 0 amide bonds. The van der Waals surface area contributed by atoms with Crippen molar-refractivity contribution >= 4 is 21.7 Å².